The molecule has 1 nitrogen and oxygen atoms in total. The molecule has 3 rings (SSSR count). The molecular weight excluding hydrogens is 196 g/mol. The van der Waals surface area contributed by atoms with E-state index in [1.54, 1.807) is 5.57 Å². The van der Waals surface area contributed by atoms with Crippen molar-refractivity contribution in [3.63, 3.8) is 0 Å². The fourth-order valence-electron chi connectivity index (χ4n) is 3.86. The van der Waals surface area contributed by atoms with Crippen LogP contribution >= 0.6 is 0 Å². The molecule has 0 aromatic heterocycles. The van der Waals surface area contributed by atoms with Gasteiger partial charge in [-0.25, -0.2) is 0 Å². The van der Waals surface area contributed by atoms with E-state index >= 15 is 0 Å². The minimum Gasteiger partial charge on any atom is -0.369 e. The van der Waals surface area contributed by atoms with Gasteiger partial charge in [-0.05, 0) is 42.6 Å². The molecule has 1 saturated heterocycles. The number of fused-ring (bicyclic) bond motifs is 2. The molecule has 0 bridgehead atoms. The highest BCUT2D eigenvalue weighted by atomic mass is 16.5. The summed E-state index contributed by atoms with van der Waals surface area (Å²) in [5.41, 5.74) is 3.41. The molecule has 88 valence electrons. The van der Waals surface area contributed by atoms with Crippen LogP contribution in [0.3, 0.4) is 0 Å². The van der Waals surface area contributed by atoms with Gasteiger partial charge in [0.2, 0.25) is 0 Å². The van der Waals surface area contributed by atoms with Crippen molar-refractivity contribution in [1.82, 2.24) is 0 Å². The summed E-state index contributed by atoms with van der Waals surface area (Å²) in [6.45, 7) is 9.84. The lowest BCUT2D eigenvalue weighted by Crippen LogP contribution is -2.39. The van der Waals surface area contributed by atoms with Crippen molar-refractivity contribution in [2.45, 2.75) is 45.6 Å². The molecule has 1 heteroatoms. The molecule has 0 radical (unpaired) electrons. The quantitative estimate of drug-likeness (QED) is 0.563. The van der Waals surface area contributed by atoms with Crippen LogP contribution in [0, 0.1) is 17.3 Å². The summed E-state index contributed by atoms with van der Waals surface area (Å²) in [7, 11) is 0. The van der Waals surface area contributed by atoms with Crippen molar-refractivity contribution < 1.29 is 4.74 Å². The zero-order valence-electron chi connectivity index (χ0n) is 10.5. The van der Waals surface area contributed by atoms with Crippen LogP contribution in [0.1, 0.15) is 39.5 Å². The van der Waals surface area contributed by atoms with E-state index in [0.717, 1.165) is 12.5 Å². The Morgan fingerprint density at radius 3 is 3.12 bits per heavy atom. The van der Waals surface area contributed by atoms with Crippen LogP contribution in [0.15, 0.2) is 23.8 Å². The Labute approximate surface area is 98.6 Å². The fraction of sp³-hybridized carbons (Fsp3) is 0.733. The third-order valence-corrected chi connectivity index (χ3v) is 5.30. The molecular formula is C15H22O. The number of ether oxygens (including phenoxy) is 1. The predicted octanol–water partition coefficient (Wildman–Crippen LogP) is 3.71. The Hall–Kier alpha value is -0.560. The van der Waals surface area contributed by atoms with Gasteiger partial charge in [-0.15, -0.1) is 0 Å². The van der Waals surface area contributed by atoms with E-state index in [9.17, 15) is 0 Å². The van der Waals surface area contributed by atoms with Crippen molar-refractivity contribution in [3.8, 4) is 0 Å². The van der Waals surface area contributed by atoms with Gasteiger partial charge < -0.3 is 4.74 Å². The summed E-state index contributed by atoms with van der Waals surface area (Å²) in [5.74, 6) is 1.41. The Kier molecular flexibility index (Phi) is 2.29. The molecule has 0 N–H and O–H groups in total. The van der Waals surface area contributed by atoms with Crippen molar-refractivity contribution in [2.24, 2.45) is 17.3 Å². The molecule has 2 fully saturated rings. The molecule has 1 aliphatic heterocycles. The van der Waals surface area contributed by atoms with Gasteiger partial charge in [-0.2, -0.15) is 0 Å². The molecule has 0 amide bonds. The van der Waals surface area contributed by atoms with Gasteiger partial charge in [0.15, 0.2) is 0 Å². The lowest BCUT2D eigenvalue weighted by atomic mass is 9.58. The third kappa shape index (κ3) is 1.34. The van der Waals surface area contributed by atoms with Gasteiger partial charge in [0.25, 0.3) is 0 Å². The predicted molar refractivity (Wildman–Crippen MR) is 66.2 cm³/mol. The summed E-state index contributed by atoms with van der Waals surface area (Å²) >= 11 is 0. The van der Waals surface area contributed by atoms with Crippen LogP contribution in [0.5, 0.6) is 0 Å². The van der Waals surface area contributed by atoms with Crippen molar-refractivity contribution in [1.29, 1.82) is 0 Å². The first-order valence-corrected chi connectivity index (χ1v) is 6.62. The highest BCUT2D eigenvalue weighted by molar-refractivity contribution is 5.29. The minimum atomic E-state index is 0.348. The van der Waals surface area contributed by atoms with E-state index in [1.807, 2.05) is 0 Å². The smallest absolute Gasteiger partial charge is 0.0829 e. The minimum absolute atomic E-state index is 0.348. The van der Waals surface area contributed by atoms with Crippen molar-refractivity contribution in [2.75, 3.05) is 6.61 Å². The van der Waals surface area contributed by atoms with Crippen LogP contribution in [-0.2, 0) is 4.74 Å². The maximum Gasteiger partial charge on any atom is 0.0829 e. The summed E-state index contributed by atoms with van der Waals surface area (Å²) in [6, 6.07) is 0. The number of hydrogen-bond donors (Lipinski definition) is 0. The zero-order valence-corrected chi connectivity index (χ0v) is 10.5. The lowest BCUT2D eigenvalue weighted by molar-refractivity contribution is 0.0763. The van der Waals surface area contributed by atoms with E-state index in [0.29, 0.717) is 17.4 Å². The van der Waals surface area contributed by atoms with Gasteiger partial charge in [0, 0.05) is 5.92 Å². The van der Waals surface area contributed by atoms with Crippen LogP contribution in [0.4, 0.5) is 0 Å². The summed E-state index contributed by atoms with van der Waals surface area (Å²) in [5, 5.41) is 0. The highest BCUT2D eigenvalue weighted by Gasteiger charge is 2.46. The topological polar surface area (TPSA) is 9.23 Å². The maximum absolute atomic E-state index is 5.82. The van der Waals surface area contributed by atoms with Crippen molar-refractivity contribution >= 4 is 0 Å². The average Bonchev–Trinajstić information content (AvgIpc) is 2.59. The van der Waals surface area contributed by atoms with Gasteiger partial charge in [-0.1, -0.05) is 32.1 Å². The normalized spacial score (nSPS) is 47.2. The van der Waals surface area contributed by atoms with Crippen LogP contribution in [0.25, 0.3) is 0 Å². The Balaban J connectivity index is 1.98. The second kappa shape index (κ2) is 3.46. The van der Waals surface area contributed by atoms with Gasteiger partial charge >= 0.3 is 0 Å². The fourth-order valence-corrected chi connectivity index (χ4v) is 3.86. The zero-order chi connectivity index (χ0) is 11.3. The Bertz CT molecular complexity index is 354. The van der Waals surface area contributed by atoms with Crippen LogP contribution in [0.2, 0.25) is 0 Å². The average molecular weight is 218 g/mol. The summed E-state index contributed by atoms with van der Waals surface area (Å²) < 4.78 is 5.82. The van der Waals surface area contributed by atoms with Crippen LogP contribution < -0.4 is 0 Å². The van der Waals surface area contributed by atoms with E-state index in [4.69, 9.17) is 4.74 Å². The second-order valence-corrected chi connectivity index (χ2v) is 6.15. The highest BCUT2D eigenvalue weighted by Crippen LogP contribution is 2.54. The SMILES string of the molecule is C=C1CO[C@@H]2C=C3CCC[C@H](C)[C@@]3(C)C[C@H]12. The third-order valence-electron chi connectivity index (χ3n) is 5.30. The maximum atomic E-state index is 5.82. The largest absolute Gasteiger partial charge is 0.369 e. The molecule has 0 unspecified atom stereocenters. The molecule has 0 spiro atoms. The summed E-state index contributed by atoms with van der Waals surface area (Å²) in [4.78, 5) is 0. The molecule has 0 aromatic carbocycles. The molecule has 3 aliphatic rings. The van der Waals surface area contributed by atoms with Gasteiger partial charge in [-0.3, -0.25) is 0 Å². The Morgan fingerprint density at radius 1 is 1.50 bits per heavy atom. The van der Waals surface area contributed by atoms with E-state index in [-0.39, 0.29) is 0 Å². The first kappa shape index (κ1) is 10.6. The molecule has 0 aromatic rings. The number of hydrogen-bond acceptors (Lipinski definition) is 1. The second-order valence-electron chi connectivity index (χ2n) is 6.15. The van der Waals surface area contributed by atoms with E-state index in [1.165, 1.54) is 31.3 Å². The monoisotopic (exact) mass is 218 g/mol. The first-order chi connectivity index (χ1) is 7.61. The number of allylic oxidation sites excluding steroid dienone is 1. The standard InChI is InChI=1S/C15H22O/c1-10-9-16-14-7-12-6-4-5-11(2)15(12,3)8-13(10)14/h7,11,13-14H,1,4-6,8-9H2,2-3H3/t11-,13+,14+,15+/m0/s1. The Morgan fingerprint density at radius 2 is 2.31 bits per heavy atom. The summed E-state index contributed by atoms with van der Waals surface area (Å²) in [6.07, 6.45) is 8.09. The molecule has 4 atom stereocenters. The number of rotatable bonds is 0. The molecule has 16 heavy (non-hydrogen) atoms. The van der Waals surface area contributed by atoms with Gasteiger partial charge in [0.1, 0.15) is 0 Å². The van der Waals surface area contributed by atoms with Gasteiger partial charge in [0.05, 0.1) is 12.7 Å². The first-order valence-electron chi connectivity index (χ1n) is 6.62. The molecule has 2 aliphatic carbocycles. The van der Waals surface area contributed by atoms with E-state index < -0.39 is 0 Å². The van der Waals surface area contributed by atoms with Crippen molar-refractivity contribution in [3.05, 3.63) is 23.8 Å². The van der Waals surface area contributed by atoms with E-state index in [2.05, 4.69) is 26.5 Å². The molecule has 1 heterocycles. The lowest BCUT2D eigenvalue weighted by Gasteiger charge is -2.47. The molecule has 1 saturated carbocycles. The van der Waals surface area contributed by atoms with Crippen LogP contribution in [-0.4, -0.2) is 12.7 Å².